The molecule has 10 rings (SSSR count). The molecule has 2 saturated heterocycles. The Labute approximate surface area is 310 Å². The summed E-state index contributed by atoms with van der Waals surface area (Å²) >= 11 is 6.34. The number of aryl methyl sites for hydroxylation is 1. The number of fused-ring (bicyclic) bond motifs is 5. The summed E-state index contributed by atoms with van der Waals surface area (Å²) in [6.45, 7) is 7.47. The van der Waals surface area contributed by atoms with Gasteiger partial charge in [-0.05, 0) is 64.5 Å². The molecule has 0 bridgehead atoms. The summed E-state index contributed by atoms with van der Waals surface area (Å²) in [4.78, 5) is 27.1. The van der Waals surface area contributed by atoms with E-state index in [9.17, 15) is 10.2 Å². The van der Waals surface area contributed by atoms with E-state index in [4.69, 9.17) is 35.5 Å². The van der Waals surface area contributed by atoms with Crippen LogP contribution in [0.5, 0.6) is 0 Å². The van der Waals surface area contributed by atoms with Crippen molar-refractivity contribution in [1.82, 2.24) is 39.0 Å². The van der Waals surface area contributed by atoms with Crippen LogP contribution in [0.25, 0.3) is 22.3 Å². The highest BCUT2D eigenvalue weighted by Crippen LogP contribution is 2.53. The number of anilines is 1. The van der Waals surface area contributed by atoms with Gasteiger partial charge < -0.3 is 43.6 Å². The number of halogens is 1. The maximum absolute atomic E-state index is 12.2. The van der Waals surface area contributed by atoms with Crippen molar-refractivity contribution in [3.63, 3.8) is 0 Å². The highest BCUT2D eigenvalue weighted by molar-refractivity contribution is 6.33. The van der Waals surface area contributed by atoms with E-state index in [0.717, 1.165) is 12.8 Å². The fourth-order valence-electron chi connectivity index (χ4n) is 9.84. The lowest BCUT2D eigenvalue weighted by molar-refractivity contribution is -0.180. The first-order valence-electron chi connectivity index (χ1n) is 18.4. The van der Waals surface area contributed by atoms with Crippen molar-refractivity contribution in [1.29, 1.82) is 0 Å². The Morgan fingerprint density at radius 1 is 0.736 bits per heavy atom. The quantitative estimate of drug-likeness (QED) is 0.201. The lowest BCUT2D eigenvalue weighted by atomic mass is 9.85. The molecule has 3 N–H and O–H groups in total. The Hall–Kier alpha value is -3.83. The number of rotatable bonds is 7. The minimum atomic E-state index is -1.17. The van der Waals surface area contributed by atoms with E-state index in [1.807, 2.05) is 36.8 Å². The first-order valence-corrected chi connectivity index (χ1v) is 18.8. The van der Waals surface area contributed by atoms with E-state index < -0.39 is 60.0 Å². The average molecular weight is 744 g/mol. The third kappa shape index (κ3) is 5.38. The molecule has 0 amide bonds. The molecule has 2 saturated carbocycles. The Bertz CT molecular complexity index is 2210. The standard InChI is InChI=1S/C37H42ClN9O6/c1-36(2)50-28-19(11-22(30(28)52-36)46-15-43-24-32(38)39-13-41-34(24)46)26(48)27(49)20-12-23(31-29(20)51-37(3,4)53-31)47-16-44-25-33(40-14-42-35(25)47)45-21-10-9-17-7-5-6-8-18(17)21/h5-8,13-16,19-23,26-31,48-49H,9-12H2,1-4H3,(H,40,42,45)/t19-,20-,21+,22-,23-,26?,27?,28-,29-,30+,31+/m1/s1. The van der Waals surface area contributed by atoms with Crippen LogP contribution in [0.4, 0.5) is 5.82 Å². The van der Waals surface area contributed by atoms with Crippen molar-refractivity contribution >= 4 is 39.7 Å². The number of nitrogens with one attached hydrogen (secondary N) is 1. The van der Waals surface area contributed by atoms with E-state index in [-0.39, 0.29) is 23.3 Å². The summed E-state index contributed by atoms with van der Waals surface area (Å²) in [5, 5.41) is 28.2. The Kier molecular flexibility index (Phi) is 7.69. The minimum Gasteiger partial charge on any atom is -0.390 e. The molecule has 2 unspecified atom stereocenters. The van der Waals surface area contributed by atoms with Crippen molar-refractivity contribution in [3.05, 3.63) is 65.9 Å². The molecule has 4 aromatic heterocycles. The predicted molar refractivity (Wildman–Crippen MR) is 191 cm³/mol. The lowest BCUT2D eigenvalue weighted by Gasteiger charge is -2.33. The normalized spacial score (nSPS) is 33.7. The summed E-state index contributed by atoms with van der Waals surface area (Å²) in [6, 6.07) is 8.06. The Balaban J connectivity index is 0.939. The van der Waals surface area contributed by atoms with Gasteiger partial charge in [0.1, 0.15) is 35.9 Å². The van der Waals surface area contributed by atoms with Gasteiger partial charge in [0.05, 0.1) is 55.2 Å². The molecule has 4 fully saturated rings. The van der Waals surface area contributed by atoms with Crippen LogP contribution in [-0.4, -0.2) is 97.4 Å². The first kappa shape index (κ1) is 33.7. The van der Waals surface area contributed by atoms with Gasteiger partial charge in [-0.15, -0.1) is 0 Å². The number of aliphatic hydroxyl groups excluding tert-OH is 2. The van der Waals surface area contributed by atoms with Gasteiger partial charge in [-0.2, -0.15) is 0 Å². The zero-order valence-corrected chi connectivity index (χ0v) is 30.5. The number of hydrogen-bond acceptors (Lipinski definition) is 13. The van der Waals surface area contributed by atoms with Gasteiger partial charge >= 0.3 is 0 Å². The maximum atomic E-state index is 12.2. The van der Waals surface area contributed by atoms with Gasteiger partial charge in [-0.25, -0.2) is 29.9 Å². The molecule has 53 heavy (non-hydrogen) atoms. The van der Waals surface area contributed by atoms with Crippen LogP contribution in [0, 0.1) is 11.8 Å². The van der Waals surface area contributed by atoms with Crippen molar-refractivity contribution in [2.45, 2.75) is 120 Å². The molecule has 16 heteroatoms. The van der Waals surface area contributed by atoms with Gasteiger partial charge in [0.25, 0.3) is 0 Å². The van der Waals surface area contributed by atoms with Crippen LogP contribution in [-0.2, 0) is 25.4 Å². The van der Waals surface area contributed by atoms with Crippen molar-refractivity contribution in [3.8, 4) is 0 Å². The number of imidazole rings is 2. The molecule has 2 aliphatic heterocycles. The highest BCUT2D eigenvalue weighted by atomic mass is 35.5. The first-order chi connectivity index (χ1) is 25.5. The summed E-state index contributed by atoms with van der Waals surface area (Å²) < 4.78 is 29.8. The van der Waals surface area contributed by atoms with E-state index in [0.29, 0.717) is 41.0 Å². The van der Waals surface area contributed by atoms with Gasteiger partial charge in [0.2, 0.25) is 0 Å². The predicted octanol–water partition coefficient (Wildman–Crippen LogP) is 4.30. The highest BCUT2D eigenvalue weighted by Gasteiger charge is 2.61. The topological polar surface area (TPSA) is 177 Å². The minimum absolute atomic E-state index is 0.131. The molecular formula is C37H42ClN9O6. The average Bonchev–Trinajstić information content (AvgIpc) is 3.98. The van der Waals surface area contributed by atoms with Crippen LogP contribution in [0.3, 0.4) is 0 Å². The largest absolute Gasteiger partial charge is 0.390 e. The van der Waals surface area contributed by atoms with E-state index in [1.165, 1.54) is 17.5 Å². The monoisotopic (exact) mass is 743 g/mol. The zero-order valence-electron chi connectivity index (χ0n) is 29.8. The van der Waals surface area contributed by atoms with Gasteiger partial charge in [0.15, 0.2) is 33.8 Å². The molecule has 15 nitrogen and oxygen atoms in total. The molecule has 6 heterocycles. The Morgan fingerprint density at radius 2 is 1.28 bits per heavy atom. The van der Waals surface area contributed by atoms with Gasteiger partial charge in [-0.1, -0.05) is 35.9 Å². The smallest absolute Gasteiger partial charge is 0.165 e. The Morgan fingerprint density at radius 3 is 1.92 bits per heavy atom. The summed E-state index contributed by atoms with van der Waals surface area (Å²) in [6.07, 6.45) is 5.16. The number of hydrogen-bond donors (Lipinski definition) is 3. The van der Waals surface area contributed by atoms with E-state index in [1.54, 1.807) is 19.0 Å². The molecule has 0 radical (unpaired) electrons. The third-order valence-electron chi connectivity index (χ3n) is 12.0. The van der Waals surface area contributed by atoms with Crippen LogP contribution in [0.2, 0.25) is 5.15 Å². The van der Waals surface area contributed by atoms with Gasteiger partial charge in [-0.3, -0.25) is 0 Å². The number of ether oxygens (including phenoxy) is 4. The number of benzene rings is 1. The summed E-state index contributed by atoms with van der Waals surface area (Å²) in [5.41, 5.74) is 5.01. The second kappa shape index (κ2) is 12.1. The molecule has 278 valence electrons. The molecule has 1 aromatic carbocycles. The van der Waals surface area contributed by atoms with Gasteiger partial charge in [0, 0.05) is 11.8 Å². The molecule has 5 aromatic rings. The fraction of sp³-hybridized carbons (Fsp3) is 0.568. The number of aromatic nitrogens is 8. The second-order valence-corrected chi connectivity index (χ2v) is 16.4. The number of aliphatic hydroxyl groups is 2. The van der Waals surface area contributed by atoms with Crippen molar-refractivity contribution in [2.75, 3.05) is 5.32 Å². The fourth-order valence-corrected chi connectivity index (χ4v) is 10.0. The SMILES string of the molecule is CC1(C)O[C@@H]2[C@H](O1)[C@@H](C(O)C(O)[C@H]1C[C@@H](n3cnc4c(N[C@H]5CCc6ccccc65)ncnc43)[C@@H]3OC(C)(C)O[C@@H]31)C[C@H]2n1cnc2c(Cl)ncnc21. The molecule has 5 aliphatic rings. The van der Waals surface area contributed by atoms with Crippen LogP contribution < -0.4 is 5.32 Å². The van der Waals surface area contributed by atoms with E-state index in [2.05, 4.69) is 54.5 Å². The molecule has 0 spiro atoms. The third-order valence-corrected chi connectivity index (χ3v) is 12.3. The molecular weight excluding hydrogens is 702 g/mol. The number of nitrogens with zero attached hydrogens (tertiary/aromatic N) is 8. The second-order valence-electron chi connectivity index (χ2n) is 16.0. The van der Waals surface area contributed by atoms with Crippen LogP contribution >= 0.6 is 11.6 Å². The lowest BCUT2D eigenvalue weighted by Crippen LogP contribution is -2.46. The summed E-state index contributed by atoms with van der Waals surface area (Å²) in [5.74, 6) is -2.06. The van der Waals surface area contributed by atoms with Crippen molar-refractivity contribution in [2.24, 2.45) is 11.8 Å². The van der Waals surface area contributed by atoms with E-state index >= 15 is 0 Å². The zero-order chi connectivity index (χ0) is 36.4. The van der Waals surface area contributed by atoms with Crippen molar-refractivity contribution < 1.29 is 29.2 Å². The van der Waals surface area contributed by atoms with Crippen LogP contribution in [0.1, 0.15) is 76.2 Å². The molecule has 3 aliphatic carbocycles. The maximum Gasteiger partial charge on any atom is 0.165 e. The van der Waals surface area contributed by atoms with Crippen LogP contribution in [0.15, 0.2) is 49.6 Å². The molecule has 11 atom stereocenters. The summed E-state index contributed by atoms with van der Waals surface area (Å²) in [7, 11) is 0.